The Kier molecular flexibility index (Phi) is 5.75. The Bertz CT molecular complexity index is 752. The van der Waals surface area contributed by atoms with Crippen molar-refractivity contribution in [1.29, 1.82) is 0 Å². The number of fused-ring (bicyclic) bond motifs is 1. The molecule has 2 aromatic carbocycles. The minimum Gasteiger partial charge on any atom is -0.373 e. The smallest absolute Gasteiger partial charge is 0.245 e. The van der Waals surface area contributed by atoms with Gasteiger partial charge in [-0.25, -0.2) is 0 Å². The van der Waals surface area contributed by atoms with Crippen molar-refractivity contribution in [1.82, 2.24) is 0 Å². The van der Waals surface area contributed by atoms with Crippen molar-refractivity contribution in [3.8, 4) is 0 Å². The lowest BCUT2D eigenvalue weighted by atomic mass is 9.94. The van der Waals surface area contributed by atoms with E-state index in [4.69, 9.17) is 23.7 Å². The van der Waals surface area contributed by atoms with Crippen LogP contribution in [0.4, 0.5) is 0 Å². The van der Waals surface area contributed by atoms with Crippen molar-refractivity contribution >= 4 is 0 Å². The first-order chi connectivity index (χ1) is 13.6. The zero-order chi connectivity index (χ0) is 19.6. The highest BCUT2D eigenvalue weighted by Crippen LogP contribution is 2.38. The molecule has 7 nitrogen and oxygen atoms in total. The van der Waals surface area contributed by atoms with E-state index in [9.17, 15) is 10.2 Å². The molecule has 2 N–H and O–H groups in total. The predicted molar refractivity (Wildman–Crippen MR) is 97.9 cm³/mol. The van der Waals surface area contributed by atoms with E-state index >= 15 is 0 Å². The van der Waals surface area contributed by atoms with Gasteiger partial charge in [-0.15, -0.1) is 0 Å². The van der Waals surface area contributed by atoms with Crippen LogP contribution in [0, 0.1) is 0 Å². The van der Waals surface area contributed by atoms with Crippen molar-refractivity contribution in [2.24, 2.45) is 0 Å². The molecule has 150 valence electrons. The summed E-state index contributed by atoms with van der Waals surface area (Å²) < 4.78 is 28.6. The standard InChI is InChI=1S/C21H24O7/c1-24-18-17-16(13-25-19(28-17)15-10-6-3-7-11-15)27-20(21(18,22)23)26-12-14-8-4-2-5-9-14/h2-11,16-20,22-23H,12-13H2,1H3/t16?,17-,18+,19?,20-/m1/s1. The predicted octanol–water partition coefficient (Wildman–Crippen LogP) is 1.74. The fourth-order valence-electron chi connectivity index (χ4n) is 3.57. The largest absolute Gasteiger partial charge is 0.373 e. The lowest BCUT2D eigenvalue weighted by Crippen LogP contribution is -2.69. The monoisotopic (exact) mass is 388 g/mol. The van der Waals surface area contributed by atoms with Gasteiger partial charge >= 0.3 is 0 Å². The Labute approximate surface area is 163 Å². The maximum Gasteiger partial charge on any atom is 0.245 e. The van der Waals surface area contributed by atoms with Crippen LogP contribution in [-0.4, -0.2) is 54.3 Å². The van der Waals surface area contributed by atoms with Gasteiger partial charge in [-0.2, -0.15) is 0 Å². The summed E-state index contributed by atoms with van der Waals surface area (Å²) in [6, 6.07) is 18.9. The highest BCUT2D eigenvalue weighted by atomic mass is 16.8. The van der Waals surface area contributed by atoms with Crippen LogP contribution in [-0.2, 0) is 30.3 Å². The highest BCUT2D eigenvalue weighted by Gasteiger charge is 2.58. The quantitative estimate of drug-likeness (QED) is 0.755. The highest BCUT2D eigenvalue weighted by molar-refractivity contribution is 5.17. The third-order valence-corrected chi connectivity index (χ3v) is 4.99. The van der Waals surface area contributed by atoms with E-state index in [1.807, 2.05) is 60.7 Å². The second-order valence-corrected chi connectivity index (χ2v) is 6.92. The molecule has 5 atom stereocenters. The van der Waals surface area contributed by atoms with E-state index in [0.29, 0.717) is 0 Å². The summed E-state index contributed by atoms with van der Waals surface area (Å²) in [4.78, 5) is 0. The van der Waals surface area contributed by atoms with Gasteiger partial charge < -0.3 is 33.9 Å². The van der Waals surface area contributed by atoms with E-state index < -0.39 is 36.7 Å². The summed E-state index contributed by atoms with van der Waals surface area (Å²) in [6.45, 7) is 0.377. The number of methoxy groups -OCH3 is 1. The summed E-state index contributed by atoms with van der Waals surface area (Å²) in [5.74, 6) is -2.39. The summed E-state index contributed by atoms with van der Waals surface area (Å²) in [6.07, 6.45) is -4.29. The van der Waals surface area contributed by atoms with Crippen LogP contribution in [0.15, 0.2) is 60.7 Å². The maximum absolute atomic E-state index is 10.7. The number of aliphatic hydroxyl groups is 2. The molecular weight excluding hydrogens is 364 g/mol. The second kappa shape index (κ2) is 8.26. The molecule has 2 aromatic rings. The Balaban J connectivity index is 1.49. The molecule has 0 bridgehead atoms. The molecule has 2 unspecified atom stereocenters. The molecule has 0 radical (unpaired) electrons. The molecule has 0 aliphatic carbocycles. The van der Waals surface area contributed by atoms with Crippen molar-refractivity contribution in [2.45, 2.75) is 43.3 Å². The van der Waals surface area contributed by atoms with E-state index in [1.54, 1.807) is 0 Å². The van der Waals surface area contributed by atoms with Gasteiger partial charge in [0.2, 0.25) is 12.1 Å². The molecule has 2 saturated heterocycles. The maximum atomic E-state index is 10.7. The molecule has 4 rings (SSSR count). The number of benzene rings is 2. The SMILES string of the molecule is CO[C@H]1[C@@H]2OC(c3ccccc3)OCC2O[C@@H](OCc2ccccc2)C1(O)O. The first-order valence-electron chi connectivity index (χ1n) is 9.20. The fourth-order valence-corrected chi connectivity index (χ4v) is 3.57. The van der Waals surface area contributed by atoms with E-state index in [0.717, 1.165) is 11.1 Å². The molecule has 2 aliphatic rings. The molecule has 0 saturated carbocycles. The summed E-state index contributed by atoms with van der Waals surface area (Å²) in [5.41, 5.74) is 1.72. The minimum atomic E-state index is -2.39. The van der Waals surface area contributed by atoms with Gasteiger partial charge in [0, 0.05) is 12.7 Å². The fraction of sp³-hybridized carbons (Fsp3) is 0.429. The van der Waals surface area contributed by atoms with Crippen LogP contribution in [0.3, 0.4) is 0 Å². The second-order valence-electron chi connectivity index (χ2n) is 6.92. The Morgan fingerprint density at radius 3 is 2.36 bits per heavy atom. The van der Waals surface area contributed by atoms with Gasteiger partial charge in [0.25, 0.3) is 0 Å². The Morgan fingerprint density at radius 2 is 1.68 bits per heavy atom. The average Bonchev–Trinajstić information content (AvgIpc) is 2.73. The normalized spacial score (nSPS) is 31.9. The van der Waals surface area contributed by atoms with Crippen LogP contribution in [0.1, 0.15) is 17.4 Å². The molecule has 2 fully saturated rings. The zero-order valence-electron chi connectivity index (χ0n) is 15.5. The molecule has 0 spiro atoms. The number of hydrogen-bond acceptors (Lipinski definition) is 7. The molecule has 0 aromatic heterocycles. The molecule has 7 heteroatoms. The lowest BCUT2D eigenvalue weighted by molar-refractivity contribution is -0.436. The van der Waals surface area contributed by atoms with Crippen LogP contribution >= 0.6 is 0 Å². The van der Waals surface area contributed by atoms with Gasteiger partial charge in [0.05, 0.1) is 13.2 Å². The van der Waals surface area contributed by atoms with E-state index in [-0.39, 0.29) is 13.2 Å². The van der Waals surface area contributed by atoms with Crippen molar-refractivity contribution < 1.29 is 33.9 Å². The first-order valence-corrected chi connectivity index (χ1v) is 9.20. The number of hydrogen-bond donors (Lipinski definition) is 2. The Morgan fingerprint density at radius 1 is 1.00 bits per heavy atom. The van der Waals surface area contributed by atoms with Crippen molar-refractivity contribution in [3.05, 3.63) is 71.8 Å². The van der Waals surface area contributed by atoms with Crippen LogP contribution < -0.4 is 0 Å². The first kappa shape index (κ1) is 19.5. The lowest BCUT2D eigenvalue weighted by Gasteiger charge is -2.50. The summed E-state index contributed by atoms with van der Waals surface area (Å²) in [7, 11) is 1.40. The number of rotatable bonds is 5. The zero-order valence-corrected chi connectivity index (χ0v) is 15.5. The van der Waals surface area contributed by atoms with Crippen LogP contribution in [0.5, 0.6) is 0 Å². The third kappa shape index (κ3) is 3.83. The van der Waals surface area contributed by atoms with Gasteiger partial charge in [-0.1, -0.05) is 60.7 Å². The van der Waals surface area contributed by atoms with Gasteiger partial charge in [-0.05, 0) is 5.56 Å². The molecule has 2 heterocycles. The summed E-state index contributed by atoms with van der Waals surface area (Å²) in [5, 5.41) is 21.5. The van der Waals surface area contributed by atoms with Crippen LogP contribution in [0.25, 0.3) is 0 Å². The van der Waals surface area contributed by atoms with Gasteiger partial charge in [-0.3, -0.25) is 0 Å². The van der Waals surface area contributed by atoms with Crippen molar-refractivity contribution in [2.75, 3.05) is 13.7 Å². The molecule has 0 amide bonds. The van der Waals surface area contributed by atoms with Gasteiger partial charge in [0.15, 0.2) is 6.29 Å². The minimum absolute atomic E-state index is 0.163. The van der Waals surface area contributed by atoms with E-state index in [1.165, 1.54) is 7.11 Å². The van der Waals surface area contributed by atoms with Crippen LogP contribution in [0.2, 0.25) is 0 Å². The molecular formula is C21H24O7. The van der Waals surface area contributed by atoms with Gasteiger partial charge in [0.1, 0.15) is 18.3 Å². The molecule has 2 aliphatic heterocycles. The Hall–Kier alpha value is -1.84. The van der Waals surface area contributed by atoms with E-state index in [2.05, 4.69) is 0 Å². The third-order valence-electron chi connectivity index (χ3n) is 4.99. The number of ether oxygens (including phenoxy) is 5. The summed E-state index contributed by atoms with van der Waals surface area (Å²) >= 11 is 0. The topological polar surface area (TPSA) is 86.6 Å². The van der Waals surface area contributed by atoms with Crippen molar-refractivity contribution in [3.63, 3.8) is 0 Å². The molecule has 28 heavy (non-hydrogen) atoms. The average molecular weight is 388 g/mol.